The van der Waals surface area contributed by atoms with Crippen LogP contribution in [0, 0.1) is 5.92 Å². The van der Waals surface area contributed by atoms with E-state index in [9.17, 15) is 4.39 Å². The molecule has 4 heteroatoms. The summed E-state index contributed by atoms with van der Waals surface area (Å²) in [6, 6.07) is -0.0830. The Kier molecular flexibility index (Phi) is 5.24. The van der Waals surface area contributed by atoms with Crippen molar-refractivity contribution in [2.24, 2.45) is 11.7 Å². The Balaban J connectivity index is 2.46. The summed E-state index contributed by atoms with van der Waals surface area (Å²) in [6.07, 6.45) is 8.68. The molecule has 0 bridgehead atoms. The van der Waals surface area contributed by atoms with Crippen LogP contribution in [0.4, 0.5) is 4.39 Å². The fourth-order valence-corrected chi connectivity index (χ4v) is 5.17. The number of rotatable bonds is 4. The van der Waals surface area contributed by atoms with Gasteiger partial charge in [-0.05, 0) is 48.2 Å². The topological polar surface area (TPSA) is 29.3 Å². The molecule has 2 N–H and O–H groups in total. The van der Waals surface area contributed by atoms with Gasteiger partial charge in [-0.2, -0.15) is 0 Å². The van der Waals surface area contributed by atoms with Crippen molar-refractivity contribution in [3.63, 3.8) is 0 Å². The molecule has 1 aliphatic heterocycles. The molecule has 0 radical (unpaired) electrons. The van der Waals surface area contributed by atoms with Crippen molar-refractivity contribution in [2.75, 3.05) is 7.05 Å². The third kappa shape index (κ3) is 3.97. The van der Waals surface area contributed by atoms with Crippen LogP contribution in [0.3, 0.4) is 0 Å². The number of nitrogens with two attached hydrogens (primary N) is 1. The predicted molar refractivity (Wildman–Crippen MR) is 100 cm³/mol. The molecule has 0 aromatic heterocycles. The van der Waals surface area contributed by atoms with E-state index in [1.807, 2.05) is 7.05 Å². The lowest BCUT2D eigenvalue weighted by atomic mass is 9.90. The molecular weight excluding hydrogens is 303 g/mol. The highest BCUT2D eigenvalue weighted by molar-refractivity contribution is 6.84. The van der Waals surface area contributed by atoms with E-state index in [4.69, 9.17) is 5.73 Å². The molecule has 128 valence electrons. The lowest BCUT2D eigenvalue weighted by Gasteiger charge is -2.37. The molecule has 0 saturated carbocycles. The minimum Gasteiger partial charge on any atom is -0.402 e. The zero-order chi connectivity index (χ0) is 17.4. The van der Waals surface area contributed by atoms with Crippen LogP contribution in [-0.2, 0) is 0 Å². The average molecular weight is 335 g/mol. The van der Waals surface area contributed by atoms with E-state index < -0.39 is 8.07 Å². The third-order valence-corrected chi connectivity index (χ3v) is 6.62. The van der Waals surface area contributed by atoms with E-state index in [1.54, 1.807) is 6.08 Å². The lowest BCUT2D eigenvalue weighted by molar-refractivity contribution is 0.398. The molecule has 0 aromatic carbocycles. The normalized spacial score (nSPS) is 23.0. The van der Waals surface area contributed by atoms with Gasteiger partial charge < -0.3 is 10.6 Å². The van der Waals surface area contributed by atoms with E-state index in [0.717, 1.165) is 12.8 Å². The number of nitrogens with zero attached hydrogens (tertiary/aromatic N) is 1. The van der Waals surface area contributed by atoms with Gasteiger partial charge in [0.2, 0.25) is 0 Å². The molecule has 2 rings (SSSR count). The molecule has 1 unspecified atom stereocenters. The van der Waals surface area contributed by atoms with Gasteiger partial charge in [-0.25, -0.2) is 4.39 Å². The molecule has 0 spiro atoms. The summed E-state index contributed by atoms with van der Waals surface area (Å²) in [6.45, 7) is 11.6. The zero-order valence-electron chi connectivity index (χ0n) is 15.4. The number of hydrogen-bond donors (Lipinski definition) is 1. The standard InChI is InChI=1S/C19H31FN2Si/c1-13(2)10-14-11-17(19-15(20)8-7-9-16(19)21)22(3)12-18(14)23(4,5)6/h8,11-13,17H,7,9-10,21H2,1-6H3. The molecule has 23 heavy (non-hydrogen) atoms. The first kappa shape index (κ1) is 18.1. The van der Waals surface area contributed by atoms with Gasteiger partial charge in [-0.15, -0.1) is 0 Å². The molecule has 2 nitrogen and oxygen atoms in total. The Hall–Kier alpha value is -1.29. The van der Waals surface area contributed by atoms with Crippen molar-refractivity contribution in [3.8, 4) is 0 Å². The monoisotopic (exact) mass is 334 g/mol. The molecular formula is C19H31FN2Si. The highest BCUT2D eigenvalue weighted by Gasteiger charge is 2.32. The van der Waals surface area contributed by atoms with Crippen LogP contribution < -0.4 is 5.73 Å². The molecule has 1 heterocycles. The van der Waals surface area contributed by atoms with Crippen molar-refractivity contribution in [1.82, 2.24) is 4.90 Å². The Bertz CT molecular complexity index is 591. The van der Waals surface area contributed by atoms with Gasteiger partial charge in [0.05, 0.1) is 14.1 Å². The van der Waals surface area contributed by atoms with E-state index in [2.05, 4.69) is 50.7 Å². The minimum absolute atomic E-state index is 0.0830. The van der Waals surface area contributed by atoms with Gasteiger partial charge in [-0.1, -0.05) is 39.6 Å². The lowest BCUT2D eigenvalue weighted by Crippen LogP contribution is -2.38. The van der Waals surface area contributed by atoms with Gasteiger partial charge in [0, 0.05) is 18.3 Å². The molecule has 0 amide bonds. The highest BCUT2D eigenvalue weighted by Crippen LogP contribution is 2.37. The van der Waals surface area contributed by atoms with Crippen molar-refractivity contribution in [1.29, 1.82) is 0 Å². The third-order valence-electron chi connectivity index (χ3n) is 4.55. The van der Waals surface area contributed by atoms with Gasteiger partial charge in [-0.3, -0.25) is 0 Å². The summed E-state index contributed by atoms with van der Waals surface area (Å²) in [5.74, 6) is 0.443. The fourth-order valence-electron chi connectivity index (χ4n) is 3.43. The summed E-state index contributed by atoms with van der Waals surface area (Å²) in [4.78, 5) is 2.14. The molecule has 0 saturated heterocycles. The second-order valence-electron chi connectivity index (χ2n) is 8.22. The summed E-state index contributed by atoms with van der Waals surface area (Å²) in [5, 5.41) is 1.48. The molecule has 1 atom stereocenters. The van der Waals surface area contributed by atoms with E-state index in [1.165, 1.54) is 10.8 Å². The van der Waals surface area contributed by atoms with Gasteiger partial charge in [0.25, 0.3) is 0 Å². The average Bonchev–Trinajstić information content (AvgIpc) is 2.39. The van der Waals surface area contributed by atoms with Crippen LogP contribution in [0.2, 0.25) is 19.6 Å². The maximum Gasteiger partial charge on any atom is 0.126 e. The number of halogens is 1. The zero-order valence-corrected chi connectivity index (χ0v) is 16.4. The van der Waals surface area contributed by atoms with Crippen molar-refractivity contribution in [2.45, 2.75) is 58.8 Å². The number of likely N-dealkylation sites (N-methyl/N-ethyl adjacent to an activating group) is 1. The quantitative estimate of drug-likeness (QED) is 0.741. The highest BCUT2D eigenvalue weighted by atomic mass is 28.3. The van der Waals surface area contributed by atoms with Crippen LogP contribution in [0.15, 0.2) is 46.2 Å². The first-order valence-corrected chi connectivity index (χ1v) is 12.1. The van der Waals surface area contributed by atoms with Gasteiger partial charge >= 0.3 is 0 Å². The maximum atomic E-state index is 14.4. The number of hydrogen-bond acceptors (Lipinski definition) is 2. The SMILES string of the molecule is CC(C)CC1=CC(C2=C(N)CCC=C2F)N(C)C=C1[Si](C)(C)C. The predicted octanol–water partition coefficient (Wildman–Crippen LogP) is 4.89. The van der Waals surface area contributed by atoms with Crippen molar-refractivity contribution >= 4 is 8.07 Å². The van der Waals surface area contributed by atoms with E-state index >= 15 is 0 Å². The molecule has 1 aliphatic carbocycles. The summed E-state index contributed by atoms with van der Waals surface area (Å²) < 4.78 is 14.4. The first-order valence-electron chi connectivity index (χ1n) is 8.61. The molecule has 0 aromatic rings. The van der Waals surface area contributed by atoms with Crippen molar-refractivity contribution < 1.29 is 4.39 Å². The second kappa shape index (κ2) is 6.68. The Morgan fingerprint density at radius 1 is 1.35 bits per heavy atom. The smallest absolute Gasteiger partial charge is 0.126 e. The van der Waals surface area contributed by atoms with Crippen LogP contribution in [0.1, 0.15) is 33.1 Å². The first-order chi connectivity index (χ1) is 10.6. The van der Waals surface area contributed by atoms with Crippen LogP contribution in [-0.4, -0.2) is 26.1 Å². The minimum atomic E-state index is -1.45. The summed E-state index contributed by atoms with van der Waals surface area (Å²) in [7, 11) is 0.592. The second-order valence-corrected chi connectivity index (χ2v) is 13.3. The van der Waals surface area contributed by atoms with Crippen LogP contribution >= 0.6 is 0 Å². The Morgan fingerprint density at radius 2 is 2.00 bits per heavy atom. The summed E-state index contributed by atoms with van der Waals surface area (Å²) >= 11 is 0. The Morgan fingerprint density at radius 3 is 2.52 bits per heavy atom. The Labute approximate surface area is 141 Å². The van der Waals surface area contributed by atoms with Crippen LogP contribution in [0.25, 0.3) is 0 Å². The van der Waals surface area contributed by atoms with E-state index in [0.29, 0.717) is 23.6 Å². The fraction of sp³-hybridized carbons (Fsp3) is 0.579. The number of allylic oxidation sites excluding steroid dienone is 4. The summed E-state index contributed by atoms with van der Waals surface area (Å²) in [5.41, 5.74) is 8.92. The molecule has 0 fully saturated rings. The van der Waals surface area contributed by atoms with E-state index in [-0.39, 0.29) is 11.9 Å². The maximum absolute atomic E-state index is 14.4. The molecule has 2 aliphatic rings. The van der Waals surface area contributed by atoms with Crippen LogP contribution in [0.5, 0.6) is 0 Å². The van der Waals surface area contributed by atoms with Gasteiger partial charge in [0.1, 0.15) is 5.83 Å². The van der Waals surface area contributed by atoms with Crippen molar-refractivity contribution in [3.05, 3.63) is 46.2 Å². The largest absolute Gasteiger partial charge is 0.402 e. The van der Waals surface area contributed by atoms with Gasteiger partial charge in [0.15, 0.2) is 0 Å².